The third-order valence-corrected chi connectivity index (χ3v) is 3.67. The molecule has 1 saturated carbocycles. The normalized spacial score (nSPS) is 24.2. The van der Waals surface area contributed by atoms with Crippen molar-refractivity contribution in [3.8, 4) is 0 Å². The molecule has 0 aromatic carbocycles. The molecule has 0 saturated heterocycles. The van der Waals surface area contributed by atoms with E-state index in [4.69, 9.17) is 11.6 Å². The first-order chi connectivity index (χ1) is 8.59. The Morgan fingerprint density at radius 1 is 1.39 bits per heavy atom. The highest BCUT2D eigenvalue weighted by molar-refractivity contribution is 6.20. The molecule has 1 fully saturated rings. The lowest BCUT2D eigenvalue weighted by atomic mass is 9.89. The van der Waals surface area contributed by atoms with E-state index in [-0.39, 0.29) is 24.3 Å². The van der Waals surface area contributed by atoms with Gasteiger partial charge in [-0.15, -0.1) is 11.6 Å². The maximum Gasteiger partial charge on any atom is 0.261 e. The number of ether oxygens (including phenoxy) is 1. The predicted octanol–water partition coefficient (Wildman–Crippen LogP) is 2.57. The van der Waals surface area contributed by atoms with Crippen molar-refractivity contribution < 1.29 is 18.3 Å². The van der Waals surface area contributed by atoms with Gasteiger partial charge in [-0.1, -0.05) is 12.8 Å². The molecule has 18 heavy (non-hydrogen) atoms. The van der Waals surface area contributed by atoms with Crippen LogP contribution in [0.3, 0.4) is 0 Å². The zero-order valence-corrected chi connectivity index (χ0v) is 11.1. The monoisotopic (exact) mass is 283 g/mol. The first kappa shape index (κ1) is 15.6. The van der Waals surface area contributed by atoms with Crippen LogP contribution in [0.25, 0.3) is 0 Å². The van der Waals surface area contributed by atoms with Gasteiger partial charge in [-0.05, 0) is 18.8 Å². The zero-order valence-electron chi connectivity index (χ0n) is 10.3. The average Bonchev–Trinajstić information content (AvgIpc) is 2.33. The second kappa shape index (κ2) is 8.64. The van der Waals surface area contributed by atoms with E-state index in [1.165, 1.54) is 0 Å². The molecule has 1 rings (SSSR count). The Bertz CT molecular complexity index is 254. The second-order valence-electron chi connectivity index (χ2n) is 4.58. The van der Waals surface area contributed by atoms with Gasteiger partial charge in [-0.2, -0.15) is 0 Å². The summed E-state index contributed by atoms with van der Waals surface area (Å²) in [4.78, 5) is 11.4. The topological polar surface area (TPSA) is 38.3 Å². The first-order valence-corrected chi connectivity index (χ1v) is 6.80. The van der Waals surface area contributed by atoms with Gasteiger partial charge < -0.3 is 10.1 Å². The van der Waals surface area contributed by atoms with Crippen LogP contribution in [0.1, 0.15) is 32.1 Å². The Hall–Kier alpha value is -0.420. The van der Waals surface area contributed by atoms with Crippen molar-refractivity contribution in [2.45, 2.75) is 43.9 Å². The Morgan fingerprint density at radius 3 is 2.78 bits per heavy atom. The molecule has 1 amide bonds. The molecule has 1 N–H and O–H groups in total. The number of nitrogens with one attached hydrogen (secondary N) is 1. The second-order valence-corrected chi connectivity index (χ2v) is 5.14. The quantitative estimate of drug-likeness (QED) is 0.576. The molecular formula is C12H20ClF2NO2. The summed E-state index contributed by atoms with van der Waals surface area (Å²) in [5.74, 6) is 0.157. The molecule has 0 aromatic heterocycles. The molecule has 1 aliphatic carbocycles. The largest absolute Gasteiger partial charge is 0.375 e. The van der Waals surface area contributed by atoms with Crippen LogP contribution in [0, 0.1) is 5.92 Å². The molecule has 2 unspecified atom stereocenters. The molecule has 0 bridgehead atoms. The summed E-state index contributed by atoms with van der Waals surface area (Å²) in [6.45, 7) is -0.00729. The van der Waals surface area contributed by atoms with Crippen LogP contribution in [-0.2, 0) is 9.53 Å². The minimum Gasteiger partial charge on any atom is -0.375 e. The van der Waals surface area contributed by atoms with Crippen LogP contribution in [-0.4, -0.2) is 37.5 Å². The van der Waals surface area contributed by atoms with Crippen LogP contribution in [0.2, 0.25) is 0 Å². The van der Waals surface area contributed by atoms with Crippen molar-refractivity contribution in [3.05, 3.63) is 0 Å². The molecular weight excluding hydrogens is 264 g/mol. The van der Waals surface area contributed by atoms with E-state index in [1.807, 2.05) is 0 Å². The van der Waals surface area contributed by atoms with Gasteiger partial charge in [-0.25, -0.2) is 8.78 Å². The molecule has 2 atom stereocenters. The van der Waals surface area contributed by atoms with E-state index in [0.717, 1.165) is 25.7 Å². The van der Waals surface area contributed by atoms with Gasteiger partial charge in [0.25, 0.3) is 6.43 Å². The summed E-state index contributed by atoms with van der Waals surface area (Å²) in [5, 5.41) is 2.91. The maximum atomic E-state index is 11.8. The molecule has 0 radical (unpaired) electrons. The SMILES string of the molecule is O=C(CCOCC(F)F)NCC1CCCCC1Cl. The zero-order chi connectivity index (χ0) is 13.4. The average molecular weight is 284 g/mol. The Balaban J connectivity index is 2.05. The number of hydrogen-bond donors (Lipinski definition) is 1. The summed E-state index contributed by atoms with van der Waals surface area (Å²) in [6, 6.07) is 0. The van der Waals surface area contributed by atoms with E-state index in [1.54, 1.807) is 0 Å². The fourth-order valence-electron chi connectivity index (χ4n) is 2.06. The Kier molecular flexibility index (Phi) is 7.51. The van der Waals surface area contributed by atoms with E-state index in [9.17, 15) is 13.6 Å². The van der Waals surface area contributed by atoms with E-state index < -0.39 is 13.0 Å². The summed E-state index contributed by atoms with van der Waals surface area (Å²) in [7, 11) is 0. The fourth-order valence-corrected chi connectivity index (χ4v) is 2.43. The third kappa shape index (κ3) is 6.50. The number of carbonyl (C=O) groups is 1. The number of alkyl halides is 3. The lowest BCUT2D eigenvalue weighted by Gasteiger charge is -2.27. The minimum atomic E-state index is -2.48. The van der Waals surface area contributed by atoms with Crippen molar-refractivity contribution >= 4 is 17.5 Å². The van der Waals surface area contributed by atoms with E-state index in [2.05, 4.69) is 10.1 Å². The number of halogens is 3. The molecule has 6 heteroatoms. The van der Waals surface area contributed by atoms with E-state index in [0.29, 0.717) is 12.5 Å². The highest BCUT2D eigenvalue weighted by atomic mass is 35.5. The minimum absolute atomic E-state index is 0.0329. The van der Waals surface area contributed by atoms with Crippen LogP contribution in [0.5, 0.6) is 0 Å². The van der Waals surface area contributed by atoms with Gasteiger partial charge in [0, 0.05) is 18.3 Å². The maximum absolute atomic E-state index is 11.8. The van der Waals surface area contributed by atoms with Crippen LogP contribution < -0.4 is 5.32 Å². The highest BCUT2D eigenvalue weighted by Gasteiger charge is 2.23. The van der Waals surface area contributed by atoms with Crippen molar-refractivity contribution in [1.29, 1.82) is 0 Å². The van der Waals surface area contributed by atoms with E-state index >= 15 is 0 Å². The van der Waals surface area contributed by atoms with Crippen molar-refractivity contribution in [2.24, 2.45) is 5.92 Å². The molecule has 0 aromatic rings. The van der Waals surface area contributed by atoms with Crippen LogP contribution in [0.15, 0.2) is 0 Å². The summed E-state index contributed by atoms with van der Waals surface area (Å²) in [6.07, 6.45) is 1.98. The summed E-state index contributed by atoms with van der Waals surface area (Å²) in [5.41, 5.74) is 0. The lowest BCUT2D eigenvalue weighted by Crippen LogP contribution is -2.35. The van der Waals surface area contributed by atoms with Gasteiger partial charge in [0.15, 0.2) is 0 Å². The Labute approximate surface area is 111 Å². The number of hydrogen-bond acceptors (Lipinski definition) is 2. The van der Waals surface area contributed by atoms with Gasteiger partial charge >= 0.3 is 0 Å². The van der Waals surface area contributed by atoms with Gasteiger partial charge in [-0.3, -0.25) is 4.79 Å². The van der Waals surface area contributed by atoms with Crippen LogP contribution in [0.4, 0.5) is 8.78 Å². The molecule has 0 aliphatic heterocycles. The molecule has 0 heterocycles. The van der Waals surface area contributed by atoms with Crippen LogP contribution >= 0.6 is 11.6 Å². The molecule has 3 nitrogen and oxygen atoms in total. The van der Waals surface area contributed by atoms with Gasteiger partial charge in [0.1, 0.15) is 6.61 Å². The highest BCUT2D eigenvalue weighted by Crippen LogP contribution is 2.27. The predicted molar refractivity (Wildman–Crippen MR) is 66.0 cm³/mol. The van der Waals surface area contributed by atoms with Crippen molar-refractivity contribution in [3.63, 3.8) is 0 Å². The lowest BCUT2D eigenvalue weighted by molar-refractivity contribution is -0.122. The van der Waals surface area contributed by atoms with Crippen molar-refractivity contribution in [1.82, 2.24) is 5.32 Å². The molecule has 106 valence electrons. The summed E-state index contributed by atoms with van der Waals surface area (Å²) >= 11 is 6.17. The smallest absolute Gasteiger partial charge is 0.261 e. The first-order valence-electron chi connectivity index (χ1n) is 6.36. The van der Waals surface area contributed by atoms with Gasteiger partial charge in [0.2, 0.25) is 5.91 Å². The standard InChI is InChI=1S/C12H20ClF2NO2/c13-10-4-2-1-3-9(10)7-16-12(17)5-6-18-8-11(14)15/h9-11H,1-8H2,(H,16,17). The number of rotatable bonds is 7. The molecule has 1 aliphatic rings. The number of amides is 1. The fraction of sp³-hybridized carbons (Fsp3) is 0.917. The van der Waals surface area contributed by atoms with Gasteiger partial charge in [0.05, 0.1) is 6.61 Å². The Morgan fingerprint density at radius 2 is 2.11 bits per heavy atom. The molecule has 0 spiro atoms. The third-order valence-electron chi connectivity index (χ3n) is 3.10. The number of carbonyl (C=O) groups excluding carboxylic acids is 1. The van der Waals surface area contributed by atoms with Crippen molar-refractivity contribution in [2.75, 3.05) is 19.8 Å². The summed E-state index contributed by atoms with van der Waals surface area (Å²) < 4.78 is 28.1.